The van der Waals surface area contributed by atoms with Gasteiger partial charge in [-0.2, -0.15) is 0 Å². The van der Waals surface area contributed by atoms with Crippen molar-refractivity contribution in [2.24, 2.45) is 17.6 Å². The number of aliphatic carboxylic acids is 1. The minimum Gasteiger partial charge on any atom is -0.481 e. The van der Waals surface area contributed by atoms with Crippen LogP contribution in [0.1, 0.15) is 22.8 Å². The van der Waals surface area contributed by atoms with E-state index in [0.29, 0.717) is 18.7 Å². The number of nitrogens with zero attached hydrogens (tertiary/aromatic N) is 1. The first-order valence-corrected chi connectivity index (χ1v) is 6.31. The van der Waals surface area contributed by atoms with E-state index in [4.69, 9.17) is 10.8 Å². The molecule has 0 aliphatic carbocycles. The van der Waals surface area contributed by atoms with E-state index in [1.807, 2.05) is 19.1 Å². The minimum atomic E-state index is -0.723. The Hall–Kier alpha value is -1.88. The maximum Gasteiger partial charge on any atom is 0.308 e. The molecule has 0 radical (unpaired) electrons. The second-order valence-electron chi connectivity index (χ2n) is 5.18. The van der Waals surface area contributed by atoms with E-state index in [2.05, 4.69) is 4.90 Å². The number of primary amides is 1. The van der Waals surface area contributed by atoms with Crippen molar-refractivity contribution < 1.29 is 14.7 Å². The molecule has 1 aromatic rings. The van der Waals surface area contributed by atoms with Gasteiger partial charge in [0.1, 0.15) is 0 Å². The van der Waals surface area contributed by atoms with Crippen molar-refractivity contribution in [3.8, 4) is 0 Å². The summed E-state index contributed by atoms with van der Waals surface area (Å²) in [6, 6.07) is 7.12. The highest BCUT2D eigenvalue weighted by Gasteiger charge is 2.34. The van der Waals surface area contributed by atoms with Gasteiger partial charge in [0, 0.05) is 25.2 Å². The van der Waals surface area contributed by atoms with Gasteiger partial charge in [-0.05, 0) is 23.6 Å². The van der Waals surface area contributed by atoms with Crippen LogP contribution < -0.4 is 5.73 Å². The molecule has 0 spiro atoms. The van der Waals surface area contributed by atoms with Crippen LogP contribution in [-0.2, 0) is 11.3 Å². The third kappa shape index (κ3) is 3.12. The normalized spacial score (nSPS) is 23.4. The minimum absolute atomic E-state index is 0.169. The first kappa shape index (κ1) is 13.5. The monoisotopic (exact) mass is 262 g/mol. The standard InChI is InChI=1S/C14H18N2O3/c1-9-6-16(8-12(9)14(18)19)7-10-2-4-11(5-3-10)13(15)17/h2-5,9,12H,6-8H2,1H3,(H2,15,17)(H,18,19)/t9-,12-/m1/s1. The Morgan fingerprint density at radius 2 is 1.95 bits per heavy atom. The van der Waals surface area contributed by atoms with E-state index < -0.39 is 11.9 Å². The first-order valence-electron chi connectivity index (χ1n) is 6.31. The van der Waals surface area contributed by atoms with E-state index in [1.54, 1.807) is 12.1 Å². The van der Waals surface area contributed by atoms with Gasteiger partial charge < -0.3 is 10.8 Å². The van der Waals surface area contributed by atoms with Crippen LogP contribution in [0.5, 0.6) is 0 Å². The summed E-state index contributed by atoms with van der Waals surface area (Å²) in [5, 5.41) is 9.09. The van der Waals surface area contributed by atoms with Crippen LogP contribution in [0.15, 0.2) is 24.3 Å². The van der Waals surface area contributed by atoms with Gasteiger partial charge >= 0.3 is 5.97 Å². The lowest BCUT2D eigenvalue weighted by atomic mass is 9.99. The number of rotatable bonds is 4. The van der Waals surface area contributed by atoms with Crippen molar-refractivity contribution in [3.05, 3.63) is 35.4 Å². The Bertz CT molecular complexity index is 484. The van der Waals surface area contributed by atoms with Crippen LogP contribution in [0.2, 0.25) is 0 Å². The fourth-order valence-corrected chi connectivity index (χ4v) is 2.55. The average molecular weight is 262 g/mol. The lowest BCUT2D eigenvalue weighted by Gasteiger charge is -2.15. The molecular weight excluding hydrogens is 244 g/mol. The first-order chi connectivity index (χ1) is 8.97. The fraction of sp³-hybridized carbons (Fsp3) is 0.429. The molecular formula is C14H18N2O3. The lowest BCUT2D eigenvalue weighted by Crippen LogP contribution is -2.23. The van der Waals surface area contributed by atoms with E-state index in [9.17, 15) is 9.59 Å². The molecule has 1 amide bonds. The van der Waals surface area contributed by atoms with E-state index in [-0.39, 0.29) is 11.8 Å². The summed E-state index contributed by atoms with van der Waals surface area (Å²) in [5.74, 6) is -1.28. The molecule has 1 heterocycles. The van der Waals surface area contributed by atoms with Gasteiger partial charge in [-0.25, -0.2) is 0 Å². The maximum absolute atomic E-state index is 11.1. The highest BCUT2D eigenvalue weighted by atomic mass is 16.4. The second-order valence-corrected chi connectivity index (χ2v) is 5.18. The molecule has 0 aromatic heterocycles. The summed E-state index contributed by atoms with van der Waals surface area (Å²) in [5.41, 5.74) is 6.73. The van der Waals surface area contributed by atoms with Crippen LogP contribution in [0.4, 0.5) is 0 Å². The summed E-state index contributed by atoms with van der Waals surface area (Å²) in [7, 11) is 0. The molecule has 2 atom stereocenters. The summed E-state index contributed by atoms with van der Waals surface area (Å²) in [4.78, 5) is 24.1. The SMILES string of the molecule is C[C@@H]1CN(Cc2ccc(C(N)=O)cc2)C[C@H]1C(=O)O. The Labute approximate surface area is 112 Å². The van der Waals surface area contributed by atoms with Gasteiger partial charge in [-0.15, -0.1) is 0 Å². The molecule has 0 bridgehead atoms. The number of carboxylic acid groups (broad SMARTS) is 1. The average Bonchev–Trinajstić information content (AvgIpc) is 2.71. The number of hydrogen-bond acceptors (Lipinski definition) is 3. The number of carbonyl (C=O) groups is 2. The van der Waals surface area contributed by atoms with E-state index in [1.165, 1.54) is 0 Å². The predicted octanol–water partition coefficient (Wildman–Crippen LogP) is 0.938. The second kappa shape index (κ2) is 5.40. The summed E-state index contributed by atoms with van der Waals surface area (Å²) < 4.78 is 0. The van der Waals surface area contributed by atoms with Crippen molar-refractivity contribution in [3.63, 3.8) is 0 Å². The van der Waals surface area contributed by atoms with Crippen LogP contribution in [0.3, 0.4) is 0 Å². The molecule has 5 nitrogen and oxygen atoms in total. The Balaban J connectivity index is 1.99. The number of carbonyl (C=O) groups excluding carboxylic acids is 1. The predicted molar refractivity (Wildman–Crippen MR) is 70.5 cm³/mol. The lowest BCUT2D eigenvalue weighted by molar-refractivity contribution is -0.142. The molecule has 5 heteroatoms. The molecule has 1 aromatic carbocycles. The van der Waals surface area contributed by atoms with Crippen molar-refractivity contribution in [2.45, 2.75) is 13.5 Å². The van der Waals surface area contributed by atoms with Crippen molar-refractivity contribution in [2.75, 3.05) is 13.1 Å². The van der Waals surface area contributed by atoms with Crippen LogP contribution in [-0.4, -0.2) is 35.0 Å². The fourth-order valence-electron chi connectivity index (χ4n) is 2.55. The van der Waals surface area contributed by atoms with Crippen LogP contribution >= 0.6 is 0 Å². The zero-order chi connectivity index (χ0) is 14.0. The third-order valence-corrected chi connectivity index (χ3v) is 3.65. The maximum atomic E-state index is 11.1. The van der Waals surface area contributed by atoms with Crippen molar-refractivity contribution >= 4 is 11.9 Å². The number of hydrogen-bond donors (Lipinski definition) is 2. The molecule has 1 fully saturated rings. The molecule has 1 saturated heterocycles. The molecule has 3 N–H and O–H groups in total. The number of likely N-dealkylation sites (tertiary alicyclic amines) is 1. The zero-order valence-electron chi connectivity index (χ0n) is 10.9. The Morgan fingerprint density at radius 3 is 2.42 bits per heavy atom. The largest absolute Gasteiger partial charge is 0.481 e. The van der Waals surface area contributed by atoms with Crippen LogP contribution in [0.25, 0.3) is 0 Å². The van der Waals surface area contributed by atoms with Crippen molar-refractivity contribution in [1.29, 1.82) is 0 Å². The molecule has 1 aliphatic rings. The number of nitrogens with two attached hydrogens (primary N) is 1. The number of benzene rings is 1. The smallest absolute Gasteiger partial charge is 0.308 e. The molecule has 2 rings (SSSR count). The van der Waals surface area contributed by atoms with Gasteiger partial charge in [0.2, 0.25) is 5.91 Å². The molecule has 19 heavy (non-hydrogen) atoms. The third-order valence-electron chi connectivity index (χ3n) is 3.65. The van der Waals surface area contributed by atoms with Gasteiger partial charge in [0.05, 0.1) is 5.92 Å². The quantitative estimate of drug-likeness (QED) is 0.845. The highest BCUT2D eigenvalue weighted by molar-refractivity contribution is 5.92. The highest BCUT2D eigenvalue weighted by Crippen LogP contribution is 2.24. The molecule has 0 saturated carbocycles. The van der Waals surface area contributed by atoms with E-state index >= 15 is 0 Å². The van der Waals surface area contributed by atoms with Gasteiger partial charge in [-0.1, -0.05) is 19.1 Å². The summed E-state index contributed by atoms with van der Waals surface area (Å²) >= 11 is 0. The van der Waals surface area contributed by atoms with E-state index in [0.717, 1.165) is 12.1 Å². The molecule has 102 valence electrons. The summed E-state index contributed by atoms with van der Waals surface area (Å²) in [6.07, 6.45) is 0. The van der Waals surface area contributed by atoms with Gasteiger partial charge in [0.15, 0.2) is 0 Å². The summed E-state index contributed by atoms with van der Waals surface area (Å²) in [6.45, 7) is 4.03. The Morgan fingerprint density at radius 1 is 1.32 bits per heavy atom. The number of carboxylic acids is 1. The molecule has 0 unspecified atom stereocenters. The van der Waals surface area contributed by atoms with Gasteiger partial charge in [0.25, 0.3) is 0 Å². The zero-order valence-corrected chi connectivity index (χ0v) is 10.9. The van der Waals surface area contributed by atoms with Gasteiger partial charge in [-0.3, -0.25) is 14.5 Å². The Kier molecular flexibility index (Phi) is 3.85. The number of amides is 1. The van der Waals surface area contributed by atoms with Crippen LogP contribution in [0, 0.1) is 11.8 Å². The molecule has 1 aliphatic heterocycles. The topological polar surface area (TPSA) is 83.6 Å². The van der Waals surface area contributed by atoms with Crippen molar-refractivity contribution in [1.82, 2.24) is 4.90 Å².